The average molecular weight is 245 g/mol. The van der Waals surface area contributed by atoms with Gasteiger partial charge < -0.3 is 9.73 Å². The van der Waals surface area contributed by atoms with Gasteiger partial charge in [-0.25, -0.2) is 4.79 Å². The summed E-state index contributed by atoms with van der Waals surface area (Å²) in [6.07, 6.45) is 0.120. The molecule has 0 bridgehead atoms. The standard InChI is InChI=1S/C10H13ClN2O3/c1-7-2-3-8(16-7)6-12-10(15)13-9(14)4-5-11/h2-3H,4-6H2,1H3,(H2,12,13,14,15). The lowest BCUT2D eigenvalue weighted by atomic mass is 10.4. The molecular weight excluding hydrogens is 232 g/mol. The van der Waals surface area contributed by atoms with Crippen molar-refractivity contribution in [2.45, 2.75) is 19.9 Å². The lowest BCUT2D eigenvalue weighted by molar-refractivity contribution is -0.119. The molecule has 0 aliphatic heterocycles. The number of halogens is 1. The summed E-state index contributed by atoms with van der Waals surface area (Å²) in [5.41, 5.74) is 0. The number of alkyl halides is 1. The van der Waals surface area contributed by atoms with Gasteiger partial charge in [-0.1, -0.05) is 0 Å². The number of carbonyl (C=O) groups is 2. The molecule has 0 fully saturated rings. The quantitative estimate of drug-likeness (QED) is 0.790. The Morgan fingerprint density at radius 2 is 2.19 bits per heavy atom. The number of rotatable bonds is 4. The van der Waals surface area contributed by atoms with E-state index in [1.165, 1.54) is 0 Å². The van der Waals surface area contributed by atoms with Crippen LogP contribution in [0.4, 0.5) is 4.79 Å². The summed E-state index contributed by atoms with van der Waals surface area (Å²) >= 11 is 5.35. The van der Waals surface area contributed by atoms with Gasteiger partial charge in [-0.3, -0.25) is 10.1 Å². The van der Waals surface area contributed by atoms with E-state index in [0.29, 0.717) is 5.76 Å². The molecule has 1 rings (SSSR count). The van der Waals surface area contributed by atoms with Gasteiger partial charge in [-0.15, -0.1) is 11.6 Å². The molecule has 0 saturated heterocycles. The minimum absolute atomic E-state index is 0.120. The molecule has 0 unspecified atom stereocenters. The molecule has 16 heavy (non-hydrogen) atoms. The van der Waals surface area contributed by atoms with Crippen molar-refractivity contribution in [1.82, 2.24) is 10.6 Å². The van der Waals surface area contributed by atoms with Crippen molar-refractivity contribution in [3.05, 3.63) is 23.7 Å². The summed E-state index contributed by atoms with van der Waals surface area (Å²) in [5.74, 6) is 1.20. The Labute approximate surface area is 98.1 Å². The smallest absolute Gasteiger partial charge is 0.321 e. The maximum Gasteiger partial charge on any atom is 0.321 e. The molecule has 88 valence electrons. The SMILES string of the molecule is Cc1ccc(CNC(=O)NC(=O)CCCl)o1. The van der Waals surface area contributed by atoms with Gasteiger partial charge in [0.2, 0.25) is 5.91 Å². The Balaban J connectivity index is 2.27. The summed E-state index contributed by atoms with van der Waals surface area (Å²) in [4.78, 5) is 22.2. The van der Waals surface area contributed by atoms with Crippen LogP contribution >= 0.6 is 11.6 Å². The molecule has 1 aromatic rings. The average Bonchev–Trinajstić information content (AvgIpc) is 2.61. The number of imide groups is 1. The highest BCUT2D eigenvalue weighted by atomic mass is 35.5. The minimum Gasteiger partial charge on any atom is -0.465 e. The Morgan fingerprint density at radius 1 is 1.44 bits per heavy atom. The van der Waals surface area contributed by atoms with Gasteiger partial charge in [-0.2, -0.15) is 0 Å². The summed E-state index contributed by atoms with van der Waals surface area (Å²) in [5, 5.41) is 4.64. The number of nitrogens with one attached hydrogen (secondary N) is 2. The number of furan rings is 1. The second-order valence-electron chi connectivity index (χ2n) is 3.18. The minimum atomic E-state index is -0.552. The molecule has 3 amide bonds. The third-order valence-corrected chi connectivity index (χ3v) is 1.98. The van der Waals surface area contributed by atoms with E-state index >= 15 is 0 Å². The first-order valence-corrected chi connectivity index (χ1v) is 5.34. The van der Waals surface area contributed by atoms with E-state index in [1.54, 1.807) is 12.1 Å². The summed E-state index contributed by atoms with van der Waals surface area (Å²) in [6.45, 7) is 2.06. The van der Waals surface area contributed by atoms with Crippen molar-refractivity contribution in [1.29, 1.82) is 0 Å². The lowest BCUT2D eigenvalue weighted by Crippen LogP contribution is -2.39. The topological polar surface area (TPSA) is 71.3 Å². The molecule has 0 radical (unpaired) electrons. The van der Waals surface area contributed by atoms with E-state index < -0.39 is 11.9 Å². The first-order valence-electron chi connectivity index (χ1n) is 4.81. The Bertz CT molecular complexity index is 376. The van der Waals surface area contributed by atoms with Crippen LogP contribution in [0.2, 0.25) is 0 Å². The third kappa shape index (κ3) is 4.35. The maximum absolute atomic E-state index is 11.2. The molecule has 6 heteroatoms. The molecule has 1 aromatic heterocycles. The van der Waals surface area contributed by atoms with Crippen molar-refractivity contribution in [3.8, 4) is 0 Å². The van der Waals surface area contributed by atoms with Gasteiger partial charge in [-0.05, 0) is 19.1 Å². The normalized spacial score (nSPS) is 9.88. The van der Waals surface area contributed by atoms with Crippen LogP contribution in [0.25, 0.3) is 0 Å². The summed E-state index contributed by atoms with van der Waals surface area (Å²) in [7, 11) is 0. The van der Waals surface area contributed by atoms with Crippen LogP contribution in [-0.2, 0) is 11.3 Å². The van der Waals surface area contributed by atoms with Crippen molar-refractivity contribution >= 4 is 23.5 Å². The Morgan fingerprint density at radius 3 is 2.75 bits per heavy atom. The summed E-state index contributed by atoms with van der Waals surface area (Å²) < 4.78 is 5.24. The first kappa shape index (κ1) is 12.6. The second kappa shape index (κ2) is 6.17. The van der Waals surface area contributed by atoms with Crippen molar-refractivity contribution in [2.75, 3.05) is 5.88 Å². The van der Waals surface area contributed by atoms with Crippen LogP contribution in [0.3, 0.4) is 0 Å². The maximum atomic E-state index is 11.2. The number of carbonyl (C=O) groups excluding carboxylic acids is 2. The number of aryl methyl sites for hydroxylation is 1. The molecule has 0 aliphatic rings. The number of amides is 3. The van der Waals surface area contributed by atoms with Crippen LogP contribution in [-0.4, -0.2) is 17.8 Å². The third-order valence-electron chi connectivity index (χ3n) is 1.79. The predicted octanol–water partition coefficient (Wildman–Crippen LogP) is 1.54. The van der Waals surface area contributed by atoms with E-state index in [1.807, 2.05) is 6.92 Å². The molecule has 0 saturated carbocycles. The largest absolute Gasteiger partial charge is 0.465 e. The van der Waals surface area contributed by atoms with Gasteiger partial charge in [0.1, 0.15) is 11.5 Å². The molecule has 1 heterocycles. The Kier molecular flexibility index (Phi) is 4.85. The zero-order chi connectivity index (χ0) is 12.0. The monoisotopic (exact) mass is 244 g/mol. The van der Waals surface area contributed by atoms with Crippen LogP contribution < -0.4 is 10.6 Å². The molecule has 0 spiro atoms. The molecule has 5 nitrogen and oxygen atoms in total. The second-order valence-corrected chi connectivity index (χ2v) is 3.56. The zero-order valence-electron chi connectivity index (χ0n) is 8.88. The van der Waals surface area contributed by atoms with E-state index in [0.717, 1.165) is 5.76 Å². The molecule has 0 aliphatic carbocycles. The van der Waals surface area contributed by atoms with E-state index in [-0.39, 0.29) is 18.8 Å². The highest BCUT2D eigenvalue weighted by Crippen LogP contribution is 2.05. The fourth-order valence-electron chi connectivity index (χ4n) is 1.07. The zero-order valence-corrected chi connectivity index (χ0v) is 9.63. The molecule has 2 N–H and O–H groups in total. The van der Waals surface area contributed by atoms with Gasteiger partial charge in [0.15, 0.2) is 0 Å². The fraction of sp³-hybridized carbons (Fsp3) is 0.400. The van der Waals surface area contributed by atoms with Gasteiger partial charge in [0.25, 0.3) is 0 Å². The highest BCUT2D eigenvalue weighted by molar-refractivity contribution is 6.19. The van der Waals surface area contributed by atoms with Gasteiger partial charge >= 0.3 is 6.03 Å². The van der Waals surface area contributed by atoms with E-state index in [4.69, 9.17) is 16.0 Å². The molecular formula is C10H13ClN2O3. The van der Waals surface area contributed by atoms with Crippen molar-refractivity contribution in [3.63, 3.8) is 0 Å². The highest BCUT2D eigenvalue weighted by Gasteiger charge is 2.07. The van der Waals surface area contributed by atoms with Crippen LogP contribution in [0.5, 0.6) is 0 Å². The first-order chi connectivity index (χ1) is 7.61. The Hall–Kier alpha value is -1.49. The van der Waals surface area contributed by atoms with Crippen LogP contribution in [0.1, 0.15) is 17.9 Å². The van der Waals surface area contributed by atoms with Crippen molar-refractivity contribution in [2.24, 2.45) is 0 Å². The van der Waals surface area contributed by atoms with Crippen molar-refractivity contribution < 1.29 is 14.0 Å². The number of hydrogen-bond donors (Lipinski definition) is 2. The predicted molar refractivity (Wildman–Crippen MR) is 59.2 cm³/mol. The summed E-state index contributed by atoms with van der Waals surface area (Å²) in [6, 6.07) is 3.01. The van der Waals surface area contributed by atoms with E-state index in [9.17, 15) is 9.59 Å². The molecule has 0 aromatic carbocycles. The van der Waals surface area contributed by atoms with Gasteiger partial charge in [0, 0.05) is 12.3 Å². The van der Waals surface area contributed by atoms with Crippen LogP contribution in [0, 0.1) is 6.92 Å². The van der Waals surface area contributed by atoms with Crippen LogP contribution in [0.15, 0.2) is 16.5 Å². The fourth-order valence-corrected chi connectivity index (χ4v) is 1.24. The van der Waals surface area contributed by atoms with Gasteiger partial charge in [0.05, 0.1) is 6.54 Å². The lowest BCUT2D eigenvalue weighted by Gasteiger charge is -2.04. The van der Waals surface area contributed by atoms with E-state index in [2.05, 4.69) is 10.6 Å². The molecule has 0 atom stereocenters. The number of hydrogen-bond acceptors (Lipinski definition) is 3. The number of urea groups is 1.